The van der Waals surface area contributed by atoms with Crippen LogP contribution in [0.1, 0.15) is 33.1 Å². The first-order chi connectivity index (χ1) is 8.55. The zero-order chi connectivity index (χ0) is 13.2. The molecule has 0 spiro atoms. The normalized spacial score (nSPS) is 31.9. The molecule has 2 rings (SSSR count). The minimum atomic E-state index is -0.751. The fourth-order valence-corrected chi connectivity index (χ4v) is 2.69. The molecule has 0 amide bonds. The number of allylic oxidation sites excluding steroid dienone is 1. The molecule has 0 N–H and O–H groups in total. The minimum absolute atomic E-state index is 0.266. The van der Waals surface area contributed by atoms with E-state index in [9.17, 15) is 4.39 Å². The lowest BCUT2D eigenvalue weighted by molar-refractivity contribution is 0.0163. The quantitative estimate of drug-likeness (QED) is 0.763. The van der Waals surface area contributed by atoms with Crippen molar-refractivity contribution in [1.29, 1.82) is 0 Å². The highest BCUT2D eigenvalue weighted by atomic mass is 19.1. The van der Waals surface area contributed by atoms with Gasteiger partial charge in [-0.3, -0.25) is 0 Å². The predicted octanol–water partition coefficient (Wildman–Crippen LogP) is 3.10. The van der Waals surface area contributed by atoms with Crippen LogP contribution in [0.15, 0.2) is 23.3 Å². The summed E-state index contributed by atoms with van der Waals surface area (Å²) in [6.45, 7) is 6.93. The van der Waals surface area contributed by atoms with Gasteiger partial charge in [-0.15, -0.1) is 0 Å². The largest absolute Gasteiger partial charge is 0.366 e. The van der Waals surface area contributed by atoms with Gasteiger partial charge < -0.3 is 9.64 Å². The van der Waals surface area contributed by atoms with Gasteiger partial charge in [0.2, 0.25) is 0 Å². The molecule has 3 heteroatoms. The molecule has 2 atom stereocenters. The van der Waals surface area contributed by atoms with E-state index in [0.717, 1.165) is 19.5 Å². The van der Waals surface area contributed by atoms with Crippen LogP contribution >= 0.6 is 0 Å². The van der Waals surface area contributed by atoms with E-state index >= 15 is 0 Å². The zero-order valence-corrected chi connectivity index (χ0v) is 11.7. The SMILES string of the molecule is CCN(C)CCC1(C)OCC2=C1CC(F)CC=C2. The van der Waals surface area contributed by atoms with Crippen molar-refractivity contribution < 1.29 is 9.13 Å². The summed E-state index contributed by atoms with van der Waals surface area (Å²) in [5.74, 6) is 0. The Bertz CT molecular complexity index is 364. The maximum atomic E-state index is 13.7. The highest BCUT2D eigenvalue weighted by Crippen LogP contribution is 2.40. The third-order valence-electron chi connectivity index (χ3n) is 4.22. The molecule has 2 aliphatic rings. The lowest BCUT2D eigenvalue weighted by Crippen LogP contribution is -2.33. The van der Waals surface area contributed by atoms with Gasteiger partial charge in [-0.05, 0) is 44.5 Å². The zero-order valence-electron chi connectivity index (χ0n) is 11.7. The second-order valence-corrected chi connectivity index (χ2v) is 5.61. The van der Waals surface area contributed by atoms with E-state index < -0.39 is 6.17 Å². The van der Waals surface area contributed by atoms with Gasteiger partial charge in [-0.25, -0.2) is 4.39 Å². The first-order valence-corrected chi connectivity index (χ1v) is 6.91. The predicted molar refractivity (Wildman–Crippen MR) is 72.4 cm³/mol. The standard InChI is InChI=1S/C15H24FNO/c1-4-17(3)9-8-15(2)14-10-13(16)7-5-6-12(14)11-18-15/h5-6,13H,4,7-11H2,1-3H3. The average Bonchev–Trinajstić information content (AvgIpc) is 2.54. The first-order valence-electron chi connectivity index (χ1n) is 6.91. The van der Waals surface area contributed by atoms with Crippen LogP contribution in [0, 0.1) is 0 Å². The molecule has 0 fully saturated rings. The number of alkyl halides is 1. The molecule has 1 heterocycles. The van der Waals surface area contributed by atoms with Crippen molar-refractivity contribution in [2.45, 2.75) is 44.9 Å². The molecule has 102 valence electrons. The average molecular weight is 253 g/mol. The van der Waals surface area contributed by atoms with Crippen molar-refractivity contribution in [1.82, 2.24) is 4.90 Å². The van der Waals surface area contributed by atoms with Crippen LogP contribution in [0.3, 0.4) is 0 Å². The number of hydrogen-bond donors (Lipinski definition) is 0. The van der Waals surface area contributed by atoms with E-state index in [2.05, 4.69) is 31.9 Å². The Balaban J connectivity index is 2.09. The van der Waals surface area contributed by atoms with E-state index in [0.29, 0.717) is 19.4 Å². The summed E-state index contributed by atoms with van der Waals surface area (Å²) in [4.78, 5) is 2.27. The van der Waals surface area contributed by atoms with Crippen LogP contribution in [-0.4, -0.2) is 43.4 Å². The highest BCUT2D eigenvalue weighted by Gasteiger charge is 2.38. The van der Waals surface area contributed by atoms with E-state index in [1.165, 1.54) is 11.1 Å². The summed E-state index contributed by atoms with van der Waals surface area (Å²) in [5, 5.41) is 0. The van der Waals surface area contributed by atoms with Crippen molar-refractivity contribution in [2.75, 3.05) is 26.7 Å². The maximum Gasteiger partial charge on any atom is 0.107 e. The summed E-state index contributed by atoms with van der Waals surface area (Å²) in [6, 6.07) is 0. The number of ether oxygens (including phenoxy) is 1. The fourth-order valence-electron chi connectivity index (χ4n) is 2.69. The van der Waals surface area contributed by atoms with Gasteiger partial charge in [0.05, 0.1) is 12.2 Å². The number of hydrogen-bond acceptors (Lipinski definition) is 2. The molecule has 0 aromatic heterocycles. The topological polar surface area (TPSA) is 12.5 Å². The highest BCUT2D eigenvalue weighted by molar-refractivity contribution is 5.38. The van der Waals surface area contributed by atoms with Gasteiger partial charge in [-0.2, -0.15) is 0 Å². The fraction of sp³-hybridized carbons (Fsp3) is 0.733. The molecular formula is C15H24FNO. The van der Waals surface area contributed by atoms with Crippen molar-refractivity contribution >= 4 is 0 Å². The summed E-state index contributed by atoms with van der Waals surface area (Å²) in [7, 11) is 2.11. The van der Waals surface area contributed by atoms with Crippen molar-refractivity contribution in [2.24, 2.45) is 0 Å². The van der Waals surface area contributed by atoms with Gasteiger partial charge in [0.1, 0.15) is 6.17 Å². The van der Waals surface area contributed by atoms with E-state index in [4.69, 9.17) is 4.74 Å². The number of rotatable bonds is 4. The van der Waals surface area contributed by atoms with E-state index in [-0.39, 0.29) is 5.60 Å². The number of halogens is 1. The van der Waals surface area contributed by atoms with E-state index in [1.807, 2.05) is 6.08 Å². The lowest BCUT2D eigenvalue weighted by atomic mass is 9.87. The molecule has 0 saturated carbocycles. The molecule has 1 aliphatic heterocycles. The molecule has 1 aliphatic carbocycles. The molecule has 0 bridgehead atoms. The van der Waals surface area contributed by atoms with Crippen LogP contribution in [0.2, 0.25) is 0 Å². The Morgan fingerprint density at radius 3 is 3.06 bits per heavy atom. The van der Waals surface area contributed by atoms with Crippen molar-refractivity contribution in [3.8, 4) is 0 Å². The van der Waals surface area contributed by atoms with Crippen molar-refractivity contribution in [3.63, 3.8) is 0 Å². The first kappa shape index (κ1) is 13.8. The second-order valence-electron chi connectivity index (χ2n) is 5.61. The summed E-state index contributed by atoms with van der Waals surface area (Å²) < 4.78 is 19.7. The van der Waals surface area contributed by atoms with Gasteiger partial charge in [0.25, 0.3) is 0 Å². The molecule has 0 aromatic rings. The van der Waals surface area contributed by atoms with Crippen LogP contribution in [-0.2, 0) is 4.74 Å². The molecule has 0 radical (unpaired) electrons. The molecule has 0 saturated heterocycles. The summed E-state index contributed by atoms with van der Waals surface area (Å²) >= 11 is 0. The summed E-state index contributed by atoms with van der Waals surface area (Å²) in [6.07, 6.45) is 5.27. The summed E-state index contributed by atoms with van der Waals surface area (Å²) in [5.41, 5.74) is 2.13. The van der Waals surface area contributed by atoms with Gasteiger partial charge in [0.15, 0.2) is 0 Å². The molecule has 0 aromatic carbocycles. The molecule has 2 unspecified atom stereocenters. The van der Waals surface area contributed by atoms with E-state index in [1.54, 1.807) is 0 Å². The smallest absolute Gasteiger partial charge is 0.107 e. The maximum absolute atomic E-state index is 13.7. The van der Waals surface area contributed by atoms with Crippen LogP contribution in [0.5, 0.6) is 0 Å². The Morgan fingerprint density at radius 2 is 2.33 bits per heavy atom. The molecular weight excluding hydrogens is 229 g/mol. The Labute approximate surface area is 109 Å². The van der Waals surface area contributed by atoms with Gasteiger partial charge in [0, 0.05) is 13.0 Å². The van der Waals surface area contributed by atoms with Crippen LogP contribution < -0.4 is 0 Å². The molecule has 2 nitrogen and oxygen atoms in total. The van der Waals surface area contributed by atoms with Gasteiger partial charge in [-0.1, -0.05) is 19.1 Å². The third-order valence-corrected chi connectivity index (χ3v) is 4.22. The minimum Gasteiger partial charge on any atom is -0.366 e. The second kappa shape index (κ2) is 5.54. The van der Waals surface area contributed by atoms with Crippen molar-refractivity contribution in [3.05, 3.63) is 23.3 Å². The Hall–Kier alpha value is -0.670. The van der Waals surface area contributed by atoms with Gasteiger partial charge >= 0.3 is 0 Å². The number of nitrogens with zero attached hydrogens (tertiary/aromatic N) is 1. The monoisotopic (exact) mass is 253 g/mol. The Kier molecular flexibility index (Phi) is 4.23. The lowest BCUT2D eigenvalue weighted by Gasteiger charge is -2.30. The van der Waals surface area contributed by atoms with Crippen LogP contribution in [0.25, 0.3) is 0 Å². The van der Waals surface area contributed by atoms with Crippen LogP contribution in [0.4, 0.5) is 4.39 Å². The third kappa shape index (κ3) is 2.83. The Morgan fingerprint density at radius 1 is 1.56 bits per heavy atom. The molecule has 18 heavy (non-hydrogen) atoms.